The van der Waals surface area contributed by atoms with E-state index in [2.05, 4.69) is 32.2 Å². The fraction of sp³-hybridized carbons (Fsp3) is 0.625. The molecule has 0 atom stereocenters. The van der Waals surface area contributed by atoms with E-state index >= 15 is 0 Å². The molecule has 0 aromatic carbocycles. The van der Waals surface area contributed by atoms with E-state index in [9.17, 15) is 5.11 Å². The quantitative estimate of drug-likeness (QED) is 0.765. The number of nitrogens with one attached hydrogen (secondary N) is 1. The van der Waals surface area contributed by atoms with Crippen molar-refractivity contribution < 1.29 is 5.11 Å². The van der Waals surface area contributed by atoms with E-state index in [0.717, 1.165) is 13.0 Å². The van der Waals surface area contributed by atoms with Crippen LogP contribution in [-0.4, -0.2) is 64.9 Å². The largest absolute Gasteiger partial charge is 0.389 e. The maximum Gasteiger partial charge on any atom is 0.227 e. The number of rotatable bonds is 7. The molecule has 0 amide bonds. The lowest BCUT2D eigenvalue weighted by Gasteiger charge is -2.27. The van der Waals surface area contributed by atoms with Gasteiger partial charge in [-0.05, 0) is 20.3 Å². The molecule has 9 heteroatoms. The molecule has 0 saturated heterocycles. The second-order valence-corrected chi connectivity index (χ2v) is 6.76. The molecule has 2 aromatic heterocycles. The third kappa shape index (κ3) is 5.27. The summed E-state index contributed by atoms with van der Waals surface area (Å²) in [5.74, 6) is 1.96. The maximum absolute atomic E-state index is 10.1. The van der Waals surface area contributed by atoms with Crippen molar-refractivity contribution in [1.29, 1.82) is 0 Å². The Balaban J connectivity index is 0.00000312. The average Bonchev–Trinajstić information content (AvgIpc) is 2.49. The highest BCUT2D eigenvalue weighted by Crippen LogP contribution is 2.27. The fourth-order valence-corrected chi connectivity index (χ4v) is 2.42. The number of aliphatic hydroxyl groups is 1. The van der Waals surface area contributed by atoms with Crippen LogP contribution in [0.3, 0.4) is 0 Å². The summed E-state index contributed by atoms with van der Waals surface area (Å²) in [7, 11) is 5.68. The van der Waals surface area contributed by atoms with E-state index in [-0.39, 0.29) is 12.4 Å². The van der Waals surface area contributed by atoms with Gasteiger partial charge in [-0.2, -0.15) is 4.98 Å². The van der Waals surface area contributed by atoms with E-state index in [1.807, 2.05) is 30.9 Å². The summed E-state index contributed by atoms with van der Waals surface area (Å²) in [5.41, 5.74) is 0.510. The standard InChI is InChI=1S/C16H27N7O.ClH/c1-7-8-17-13-11-12(20-15(21-13)22(4)5)14(19-10-18-11)23(6)9-16(2,3)24;/h10,24H,7-9H2,1-6H3,(H,17,20,21);1H. The van der Waals surface area contributed by atoms with Gasteiger partial charge < -0.3 is 20.2 Å². The Morgan fingerprint density at radius 2 is 1.80 bits per heavy atom. The zero-order valence-corrected chi connectivity index (χ0v) is 16.6. The van der Waals surface area contributed by atoms with Crippen LogP contribution in [0.25, 0.3) is 11.0 Å². The first-order valence-corrected chi connectivity index (χ1v) is 8.10. The summed E-state index contributed by atoms with van der Waals surface area (Å²) in [6.07, 6.45) is 2.49. The van der Waals surface area contributed by atoms with Gasteiger partial charge in [-0.3, -0.25) is 0 Å². The Morgan fingerprint density at radius 1 is 1.12 bits per heavy atom. The molecule has 2 heterocycles. The minimum Gasteiger partial charge on any atom is -0.389 e. The van der Waals surface area contributed by atoms with Crippen molar-refractivity contribution in [1.82, 2.24) is 19.9 Å². The highest BCUT2D eigenvalue weighted by molar-refractivity contribution is 5.93. The van der Waals surface area contributed by atoms with Gasteiger partial charge in [0, 0.05) is 34.2 Å². The van der Waals surface area contributed by atoms with Crippen molar-refractivity contribution in [2.75, 3.05) is 49.3 Å². The van der Waals surface area contributed by atoms with E-state index in [0.29, 0.717) is 35.2 Å². The Hall–Kier alpha value is -1.93. The molecule has 2 N–H and O–H groups in total. The number of nitrogens with zero attached hydrogens (tertiary/aromatic N) is 6. The molecule has 25 heavy (non-hydrogen) atoms. The smallest absolute Gasteiger partial charge is 0.227 e. The minimum absolute atomic E-state index is 0. The van der Waals surface area contributed by atoms with Gasteiger partial charge in [0.25, 0.3) is 0 Å². The molecule has 0 radical (unpaired) electrons. The van der Waals surface area contributed by atoms with Crippen LogP contribution in [-0.2, 0) is 0 Å². The first-order chi connectivity index (χ1) is 11.2. The predicted molar refractivity (Wildman–Crippen MR) is 105 cm³/mol. The first-order valence-electron chi connectivity index (χ1n) is 8.10. The van der Waals surface area contributed by atoms with Crippen molar-refractivity contribution in [2.45, 2.75) is 32.8 Å². The molecule has 0 spiro atoms. The van der Waals surface area contributed by atoms with Crippen molar-refractivity contribution >= 4 is 41.0 Å². The molecular weight excluding hydrogens is 342 g/mol. The van der Waals surface area contributed by atoms with Crippen LogP contribution >= 0.6 is 12.4 Å². The number of hydrogen-bond donors (Lipinski definition) is 2. The third-order valence-corrected chi connectivity index (χ3v) is 3.38. The molecule has 0 aliphatic rings. The number of halogens is 1. The lowest BCUT2D eigenvalue weighted by molar-refractivity contribution is 0.0885. The molecule has 0 aliphatic heterocycles. The molecule has 0 fully saturated rings. The zero-order valence-electron chi connectivity index (χ0n) is 15.7. The topological polar surface area (TPSA) is 90.3 Å². The summed E-state index contributed by atoms with van der Waals surface area (Å²) < 4.78 is 0. The molecule has 140 valence electrons. The first kappa shape index (κ1) is 21.1. The monoisotopic (exact) mass is 369 g/mol. The highest BCUT2D eigenvalue weighted by atomic mass is 35.5. The Labute approximate surface area is 155 Å². The summed E-state index contributed by atoms with van der Waals surface area (Å²) in [4.78, 5) is 21.7. The van der Waals surface area contributed by atoms with Gasteiger partial charge in [-0.15, -0.1) is 12.4 Å². The Kier molecular flexibility index (Phi) is 7.13. The second-order valence-electron chi connectivity index (χ2n) is 6.76. The maximum atomic E-state index is 10.1. The molecule has 2 rings (SSSR count). The van der Waals surface area contributed by atoms with Gasteiger partial charge in [0.2, 0.25) is 5.95 Å². The molecule has 0 bridgehead atoms. The number of likely N-dealkylation sites (N-methyl/N-ethyl adjacent to an activating group) is 1. The molecule has 8 nitrogen and oxygen atoms in total. The van der Waals surface area contributed by atoms with Crippen LogP contribution in [0.15, 0.2) is 6.33 Å². The minimum atomic E-state index is -0.841. The summed E-state index contributed by atoms with van der Waals surface area (Å²) in [5, 5.41) is 13.4. The SMILES string of the molecule is CCCNc1nc(N(C)C)nc2c(N(C)CC(C)(C)O)ncnc12.Cl. The average molecular weight is 370 g/mol. The fourth-order valence-electron chi connectivity index (χ4n) is 2.42. The Morgan fingerprint density at radius 3 is 2.36 bits per heavy atom. The number of hydrogen-bond acceptors (Lipinski definition) is 8. The number of aromatic nitrogens is 4. The lowest BCUT2D eigenvalue weighted by atomic mass is 10.1. The van der Waals surface area contributed by atoms with Crippen molar-refractivity contribution in [3.63, 3.8) is 0 Å². The normalized spacial score (nSPS) is 11.2. The van der Waals surface area contributed by atoms with Gasteiger partial charge in [-0.25, -0.2) is 15.0 Å². The van der Waals surface area contributed by atoms with Gasteiger partial charge in [0.1, 0.15) is 17.4 Å². The van der Waals surface area contributed by atoms with Crippen LogP contribution < -0.4 is 15.1 Å². The number of fused-ring (bicyclic) bond motifs is 1. The summed E-state index contributed by atoms with van der Waals surface area (Å²) in [6.45, 7) is 6.86. The van der Waals surface area contributed by atoms with Crippen molar-refractivity contribution in [3.05, 3.63) is 6.33 Å². The van der Waals surface area contributed by atoms with Crippen LogP contribution in [0, 0.1) is 0 Å². The van der Waals surface area contributed by atoms with E-state index in [1.165, 1.54) is 6.33 Å². The van der Waals surface area contributed by atoms with E-state index in [1.54, 1.807) is 13.8 Å². The van der Waals surface area contributed by atoms with E-state index in [4.69, 9.17) is 0 Å². The summed E-state index contributed by atoms with van der Waals surface area (Å²) in [6, 6.07) is 0. The van der Waals surface area contributed by atoms with Gasteiger partial charge in [0.05, 0.1) is 5.60 Å². The van der Waals surface area contributed by atoms with Crippen LogP contribution in [0.1, 0.15) is 27.2 Å². The van der Waals surface area contributed by atoms with Crippen molar-refractivity contribution in [3.8, 4) is 0 Å². The molecule has 2 aromatic rings. The molecule has 0 saturated carbocycles. The van der Waals surface area contributed by atoms with E-state index < -0.39 is 5.60 Å². The Bertz CT molecular complexity index is 703. The molecule has 0 unspecified atom stereocenters. The third-order valence-electron chi connectivity index (χ3n) is 3.38. The van der Waals surface area contributed by atoms with Gasteiger partial charge in [0.15, 0.2) is 11.6 Å². The predicted octanol–water partition coefficient (Wildman–Crippen LogP) is 1.94. The van der Waals surface area contributed by atoms with Gasteiger partial charge in [-0.1, -0.05) is 6.92 Å². The summed E-state index contributed by atoms with van der Waals surface area (Å²) >= 11 is 0. The molecule has 0 aliphatic carbocycles. The van der Waals surface area contributed by atoms with Crippen LogP contribution in [0.4, 0.5) is 17.6 Å². The molecular formula is C16H28ClN7O. The number of anilines is 3. The zero-order chi connectivity index (χ0) is 17.9. The second kappa shape index (κ2) is 8.44. The van der Waals surface area contributed by atoms with Crippen LogP contribution in [0.2, 0.25) is 0 Å². The highest BCUT2D eigenvalue weighted by Gasteiger charge is 2.21. The van der Waals surface area contributed by atoms with Crippen LogP contribution in [0.5, 0.6) is 0 Å². The lowest BCUT2D eigenvalue weighted by Crippen LogP contribution is -2.36. The van der Waals surface area contributed by atoms with Crippen molar-refractivity contribution in [2.24, 2.45) is 0 Å². The van der Waals surface area contributed by atoms with Gasteiger partial charge >= 0.3 is 0 Å².